The van der Waals surface area contributed by atoms with Gasteiger partial charge in [-0.05, 0) is 39.7 Å². The highest BCUT2D eigenvalue weighted by Crippen LogP contribution is 2.21. The van der Waals surface area contributed by atoms with Gasteiger partial charge in [-0.15, -0.1) is 0 Å². The highest BCUT2D eigenvalue weighted by atomic mass is 16.5. The van der Waals surface area contributed by atoms with Crippen LogP contribution in [0.1, 0.15) is 58.1 Å². The lowest BCUT2D eigenvalue weighted by Crippen LogP contribution is -2.32. The third kappa shape index (κ3) is 4.55. The van der Waals surface area contributed by atoms with Gasteiger partial charge in [0.15, 0.2) is 11.9 Å². The van der Waals surface area contributed by atoms with Gasteiger partial charge in [0, 0.05) is 11.8 Å². The van der Waals surface area contributed by atoms with Crippen molar-refractivity contribution >= 4 is 23.7 Å². The third-order valence-corrected chi connectivity index (χ3v) is 3.91. The Morgan fingerprint density at radius 3 is 2.48 bits per heavy atom. The van der Waals surface area contributed by atoms with Gasteiger partial charge in [-0.25, -0.2) is 9.59 Å². The van der Waals surface area contributed by atoms with Crippen LogP contribution < -0.4 is 5.32 Å². The Labute approximate surface area is 156 Å². The van der Waals surface area contributed by atoms with Crippen LogP contribution in [0.4, 0.5) is 5.82 Å². The Hall–Kier alpha value is -3.10. The van der Waals surface area contributed by atoms with Crippen LogP contribution in [0.2, 0.25) is 0 Å². The maximum absolute atomic E-state index is 12.6. The number of hydrogen-bond acceptors (Lipinski definition) is 7. The molecule has 0 aliphatic heterocycles. The van der Waals surface area contributed by atoms with Crippen LogP contribution in [0.3, 0.4) is 0 Å². The van der Waals surface area contributed by atoms with Crippen molar-refractivity contribution in [2.24, 2.45) is 0 Å². The molecule has 0 aromatic carbocycles. The van der Waals surface area contributed by atoms with Crippen LogP contribution in [-0.2, 0) is 14.3 Å². The van der Waals surface area contributed by atoms with Crippen molar-refractivity contribution in [1.82, 2.24) is 10.1 Å². The highest BCUT2D eigenvalue weighted by Gasteiger charge is 2.28. The van der Waals surface area contributed by atoms with E-state index in [1.807, 2.05) is 0 Å². The molecule has 1 unspecified atom stereocenters. The summed E-state index contributed by atoms with van der Waals surface area (Å²) in [5.41, 5.74) is 1.28. The van der Waals surface area contributed by atoms with E-state index < -0.39 is 23.9 Å². The predicted octanol–water partition coefficient (Wildman–Crippen LogP) is 2.68. The molecule has 2 aromatic heterocycles. The van der Waals surface area contributed by atoms with Crippen LogP contribution in [0.25, 0.3) is 0 Å². The summed E-state index contributed by atoms with van der Waals surface area (Å²) in [6.45, 7) is 8.58. The lowest BCUT2D eigenvalue weighted by molar-refractivity contribution is -0.124. The zero-order valence-corrected chi connectivity index (χ0v) is 16.0. The van der Waals surface area contributed by atoms with Crippen molar-refractivity contribution in [3.63, 3.8) is 0 Å². The molecule has 1 amide bonds. The van der Waals surface area contributed by atoms with Gasteiger partial charge < -0.3 is 24.3 Å². The Bertz CT molecular complexity index is 851. The van der Waals surface area contributed by atoms with Gasteiger partial charge >= 0.3 is 11.9 Å². The second kappa shape index (κ2) is 8.52. The van der Waals surface area contributed by atoms with Gasteiger partial charge in [0.1, 0.15) is 11.5 Å². The topological polar surface area (TPSA) is 124 Å². The van der Waals surface area contributed by atoms with Crippen LogP contribution in [-0.4, -0.2) is 40.7 Å². The van der Waals surface area contributed by atoms with Gasteiger partial charge in [0.05, 0.1) is 12.2 Å². The smallest absolute Gasteiger partial charge is 0.355 e. The van der Waals surface area contributed by atoms with Gasteiger partial charge in [0.2, 0.25) is 0 Å². The quantitative estimate of drug-likeness (QED) is 0.711. The largest absolute Gasteiger partial charge is 0.461 e. The number of aromatic amines is 1. The van der Waals surface area contributed by atoms with Crippen molar-refractivity contribution in [3.8, 4) is 0 Å². The normalized spacial score (nSPS) is 11.7. The number of H-pyrrole nitrogens is 1. The molecule has 2 heterocycles. The summed E-state index contributed by atoms with van der Waals surface area (Å²) in [7, 11) is 0. The molecule has 9 nitrogen and oxygen atoms in total. The van der Waals surface area contributed by atoms with E-state index in [9.17, 15) is 14.4 Å². The minimum atomic E-state index is -1.02. The van der Waals surface area contributed by atoms with Gasteiger partial charge in [-0.1, -0.05) is 12.1 Å². The molecule has 0 fully saturated rings. The van der Waals surface area contributed by atoms with Crippen LogP contribution in [0.15, 0.2) is 10.6 Å². The predicted molar refractivity (Wildman–Crippen MR) is 95.6 cm³/mol. The number of nitrogens with one attached hydrogen (secondary N) is 2. The summed E-state index contributed by atoms with van der Waals surface area (Å²) in [5, 5.41) is 6.21. The van der Waals surface area contributed by atoms with E-state index in [0.717, 1.165) is 0 Å². The van der Waals surface area contributed by atoms with Crippen molar-refractivity contribution in [3.05, 3.63) is 34.3 Å². The van der Waals surface area contributed by atoms with E-state index in [-0.39, 0.29) is 30.1 Å². The van der Waals surface area contributed by atoms with E-state index in [2.05, 4.69) is 15.5 Å². The lowest BCUT2D eigenvalue weighted by Gasteiger charge is -2.15. The number of rotatable bonds is 7. The minimum Gasteiger partial charge on any atom is -0.461 e. The molecular formula is C18H23N3O6. The average molecular weight is 377 g/mol. The Kier molecular flexibility index (Phi) is 6.38. The molecule has 0 saturated carbocycles. The molecule has 27 heavy (non-hydrogen) atoms. The molecule has 2 N–H and O–H groups in total. The molecule has 2 aromatic rings. The number of amides is 1. The summed E-state index contributed by atoms with van der Waals surface area (Å²) in [6, 6.07) is 1.55. The SMILES string of the molecule is CCOC(=O)c1[nH]c(C)c(C(=O)OC(CC)C(=O)Nc2cc(C)on2)c1C. The van der Waals surface area contributed by atoms with E-state index >= 15 is 0 Å². The first-order chi connectivity index (χ1) is 12.8. The first-order valence-electron chi connectivity index (χ1n) is 8.59. The fourth-order valence-electron chi connectivity index (χ4n) is 2.61. The number of hydrogen-bond donors (Lipinski definition) is 2. The van der Waals surface area contributed by atoms with Crippen LogP contribution in [0, 0.1) is 20.8 Å². The fraction of sp³-hybridized carbons (Fsp3) is 0.444. The number of carbonyl (C=O) groups excluding carboxylic acids is 3. The number of nitrogens with zero attached hydrogens (tertiary/aromatic N) is 1. The summed E-state index contributed by atoms with van der Waals surface area (Å²) < 4.78 is 15.2. The molecule has 0 aliphatic carbocycles. The molecule has 2 rings (SSSR count). The molecule has 9 heteroatoms. The molecular weight excluding hydrogens is 354 g/mol. The Morgan fingerprint density at radius 2 is 1.93 bits per heavy atom. The van der Waals surface area contributed by atoms with Crippen molar-refractivity contribution in [2.75, 3.05) is 11.9 Å². The molecule has 0 spiro atoms. The zero-order chi connectivity index (χ0) is 20.1. The van der Waals surface area contributed by atoms with Crippen molar-refractivity contribution in [1.29, 1.82) is 0 Å². The van der Waals surface area contributed by atoms with Crippen LogP contribution >= 0.6 is 0 Å². The first-order valence-corrected chi connectivity index (χ1v) is 8.59. The number of aromatic nitrogens is 2. The number of aryl methyl sites for hydroxylation is 2. The zero-order valence-electron chi connectivity index (χ0n) is 16.0. The number of anilines is 1. The maximum Gasteiger partial charge on any atom is 0.355 e. The molecule has 0 bridgehead atoms. The van der Waals surface area contributed by atoms with E-state index in [0.29, 0.717) is 17.0 Å². The second-order valence-electron chi connectivity index (χ2n) is 5.96. The van der Waals surface area contributed by atoms with Gasteiger partial charge in [0.25, 0.3) is 5.91 Å². The van der Waals surface area contributed by atoms with E-state index in [4.69, 9.17) is 14.0 Å². The van der Waals surface area contributed by atoms with Crippen LogP contribution in [0.5, 0.6) is 0 Å². The summed E-state index contributed by atoms with van der Waals surface area (Å²) in [4.78, 5) is 39.7. The molecule has 0 aliphatic rings. The Balaban J connectivity index is 2.14. The molecule has 146 valence electrons. The summed E-state index contributed by atoms with van der Waals surface area (Å²) in [5.74, 6) is -0.986. The average Bonchev–Trinajstić information content (AvgIpc) is 3.15. The molecule has 0 radical (unpaired) electrons. The van der Waals surface area contributed by atoms with Crippen molar-refractivity contribution in [2.45, 2.75) is 47.1 Å². The molecule has 0 saturated heterocycles. The lowest BCUT2D eigenvalue weighted by atomic mass is 10.1. The first kappa shape index (κ1) is 20.2. The van der Waals surface area contributed by atoms with Gasteiger partial charge in [-0.3, -0.25) is 4.79 Å². The summed E-state index contributed by atoms with van der Waals surface area (Å²) >= 11 is 0. The fourth-order valence-corrected chi connectivity index (χ4v) is 2.61. The number of carbonyl (C=O) groups is 3. The standard InChI is InChI=1S/C18H23N3O6/c1-6-12(16(22)20-13-8-9(3)27-21-13)26-17(23)14-10(4)15(19-11(14)5)18(24)25-7-2/h8,12,19H,6-7H2,1-5H3,(H,20,21,22). The summed E-state index contributed by atoms with van der Waals surface area (Å²) in [6.07, 6.45) is -0.754. The maximum atomic E-state index is 12.6. The second-order valence-corrected chi connectivity index (χ2v) is 5.96. The highest BCUT2D eigenvalue weighted by molar-refractivity contribution is 6.00. The molecule has 1 atom stereocenters. The number of ether oxygens (including phenoxy) is 2. The minimum absolute atomic E-state index is 0.192. The Morgan fingerprint density at radius 1 is 1.22 bits per heavy atom. The third-order valence-electron chi connectivity index (χ3n) is 3.91. The van der Waals surface area contributed by atoms with E-state index in [1.165, 1.54) is 0 Å². The van der Waals surface area contributed by atoms with E-state index in [1.54, 1.807) is 40.7 Å². The van der Waals surface area contributed by atoms with Gasteiger partial charge in [-0.2, -0.15) is 0 Å². The van der Waals surface area contributed by atoms with Crippen molar-refractivity contribution < 1.29 is 28.4 Å². The number of esters is 2. The monoisotopic (exact) mass is 377 g/mol.